The number of piperidine rings is 2. The quantitative estimate of drug-likeness (QED) is 0.210. The molecule has 2 aromatic heterocycles. The third-order valence-electron chi connectivity index (χ3n) is 11.1. The zero-order valence-corrected chi connectivity index (χ0v) is 33.5. The van der Waals surface area contributed by atoms with Gasteiger partial charge in [0.1, 0.15) is 29.3 Å². The number of carbonyl (C=O) groups is 4. The smallest absolute Gasteiger partial charge is 0.413 e. The number of phenolic OH excluding ortho intramolecular Hbond substituents is 1. The molecule has 0 radical (unpaired) electrons. The summed E-state index contributed by atoms with van der Waals surface area (Å²) >= 11 is 6.77. The number of aromatic nitrogens is 2. The van der Waals surface area contributed by atoms with Crippen molar-refractivity contribution < 1.29 is 29.0 Å². The van der Waals surface area contributed by atoms with Gasteiger partial charge in [-0.1, -0.05) is 0 Å². The van der Waals surface area contributed by atoms with Crippen molar-refractivity contribution in [2.75, 3.05) is 62.6 Å². The minimum atomic E-state index is -1.06. The molecule has 15 nitrogen and oxygen atoms in total. The maximum Gasteiger partial charge on any atom is 0.413 e. The molecular weight excluding hydrogens is 838 g/mol. The fourth-order valence-electron chi connectivity index (χ4n) is 8.00. The number of aromatic hydroxyl groups is 1. The first-order chi connectivity index (χ1) is 26.6. The van der Waals surface area contributed by atoms with Crippen molar-refractivity contribution >= 4 is 67.3 Å². The van der Waals surface area contributed by atoms with Crippen molar-refractivity contribution in [2.45, 2.75) is 56.2 Å². The highest BCUT2D eigenvalue weighted by molar-refractivity contribution is 9.11. The Morgan fingerprint density at radius 2 is 1.62 bits per heavy atom. The minimum Gasteiger partial charge on any atom is -0.506 e. The van der Waals surface area contributed by atoms with Gasteiger partial charge in [-0.15, -0.1) is 0 Å². The molecule has 0 saturated carbocycles. The lowest BCUT2D eigenvalue weighted by molar-refractivity contribution is -0.137. The van der Waals surface area contributed by atoms with Crippen LogP contribution in [0.2, 0.25) is 0 Å². The van der Waals surface area contributed by atoms with Crippen molar-refractivity contribution in [1.29, 1.82) is 0 Å². The Balaban J connectivity index is 1.08. The second kappa shape index (κ2) is 17.1. The number of nitrogens with zero attached hydrogens (tertiary/aromatic N) is 5. The number of likely N-dealkylation sites (tertiary alicyclic amines) is 1. The Hall–Kier alpha value is -4.48. The monoisotopic (exact) mass is 881 g/mol. The molecule has 1 aromatic carbocycles. The van der Waals surface area contributed by atoms with E-state index in [9.17, 15) is 24.3 Å². The maximum atomic E-state index is 14.4. The Morgan fingerprint density at radius 1 is 0.927 bits per heavy atom. The van der Waals surface area contributed by atoms with Crippen molar-refractivity contribution in [3.8, 4) is 5.75 Å². The highest BCUT2D eigenvalue weighted by Crippen LogP contribution is 2.42. The number of piperazine rings is 1. The highest BCUT2D eigenvalue weighted by Gasteiger charge is 2.46. The summed E-state index contributed by atoms with van der Waals surface area (Å²) in [6.45, 7) is 4.56. The van der Waals surface area contributed by atoms with Crippen molar-refractivity contribution in [1.82, 2.24) is 35.7 Å². The number of hydrogen-bond donors (Lipinski definition) is 5. The zero-order chi connectivity index (χ0) is 38.5. The lowest BCUT2D eigenvalue weighted by atomic mass is 9.83. The normalized spacial score (nSPS) is 19.5. The predicted octanol–water partition coefficient (Wildman–Crippen LogP) is 4.10. The van der Waals surface area contributed by atoms with Crippen molar-refractivity contribution in [3.05, 3.63) is 75.1 Å². The fraction of sp³-hybridized carbons (Fsp3) is 0.474. The number of nitrogens with one attached hydrogen (secondary N) is 4. The molecule has 3 fully saturated rings. The van der Waals surface area contributed by atoms with Crippen LogP contribution < -0.4 is 26.2 Å². The van der Waals surface area contributed by atoms with Gasteiger partial charge in [-0.05, 0) is 112 Å². The molecule has 0 bridgehead atoms. The summed E-state index contributed by atoms with van der Waals surface area (Å²) in [5, 5.41) is 22.4. The van der Waals surface area contributed by atoms with Crippen LogP contribution >= 0.6 is 31.9 Å². The van der Waals surface area contributed by atoms with Gasteiger partial charge in [-0.2, -0.15) is 0 Å². The summed E-state index contributed by atoms with van der Waals surface area (Å²) in [5.41, 5.74) is 1.57. The third-order valence-corrected chi connectivity index (χ3v) is 12.3. The van der Waals surface area contributed by atoms with Crippen LogP contribution in [-0.2, 0) is 26.3 Å². The second-order valence-corrected chi connectivity index (χ2v) is 16.2. The number of halogens is 2. The van der Waals surface area contributed by atoms with Crippen LogP contribution in [0.1, 0.15) is 43.2 Å². The number of amides is 5. The van der Waals surface area contributed by atoms with E-state index in [1.165, 1.54) is 0 Å². The van der Waals surface area contributed by atoms with E-state index in [0.717, 1.165) is 37.2 Å². The predicted molar refractivity (Wildman–Crippen MR) is 212 cm³/mol. The van der Waals surface area contributed by atoms with E-state index in [4.69, 9.17) is 4.74 Å². The van der Waals surface area contributed by atoms with Crippen LogP contribution in [0.3, 0.4) is 0 Å². The van der Waals surface area contributed by atoms with Gasteiger partial charge in [-0.3, -0.25) is 19.9 Å². The zero-order valence-electron chi connectivity index (χ0n) is 30.3. The molecule has 0 aliphatic carbocycles. The molecule has 4 aliphatic rings. The number of ether oxygens (including phenoxy) is 1. The minimum absolute atomic E-state index is 0.0167. The maximum absolute atomic E-state index is 14.4. The number of carbonyl (C=O) groups excluding carboxylic acids is 4. The average molecular weight is 884 g/mol. The molecule has 5 N–H and O–H groups in total. The van der Waals surface area contributed by atoms with Gasteiger partial charge in [0.05, 0.1) is 8.95 Å². The number of fused-ring (bicyclic) bond motifs is 2. The molecular formula is C38H45Br2N9O6. The second-order valence-electron chi connectivity index (χ2n) is 14.5. The Bertz CT molecular complexity index is 1860. The van der Waals surface area contributed by atoms with Crippen LogP contribution in [0, 0.1) is 5.92 Å². The number of benzene rings is 1. The van der Waals surface area contributed by atoms with Gasteiger partial charge < -0.3 is 40.5 Å². The summed E-state index contributed by atoms with van der Waals surface area (Å²) in [5.74, 6) is 0.105. The molecule has 0 unspecified atom stereocenters. The molecule has 1 spiro atoms. The number of pyridine rings is 2. The van der Waals surface area contributed by atoms with Gasteiger partial charge in [-0.25, -0.2) is 14.6 Å². The molecule has 3 saturated heterocycles. The molecule has 2 atom stereocenters. The van der Waals surface area contributed by atoms with Crippen molar-refractivity contribution in [3.63, 3.8) is 0 Å². The van der Waals surface area contributed by atoms with Crippen LogP contribution in [0.25, 0.3) is 0 Å². The Labute approximate surface area is 336 Å². The van der Waals surface area contributed by atoms with Crippen LogP contribution in [0.15, 0.2) is 63.9 Å². The highest BCUT2D eigenvalue weighted by atomic mass is 79.9. The largest absolute Gasteiger partial charge is 0.506 e. The number of anilines is 2. The first-order valence-corrected chi connectivity index (χ1v) is 20.3. The van der Waals surface area contributed by atoms with Gasteiger partial charge in [0.15, 0.2) is 0 Å². The van der Waals surface area contributed by atoms with Gasteiger partial charge in [0.2, 0.25) is 11.8 Å². The summed E-state index contributed by atoms with van der Waals surface area (Å²) in [6.07, 6.45) is 7.60. The lowest BCUT2D eigenvalue weighted by Gasteiger charge is -2.43. The third kappa shape index (κ3) is 8.99. The van der Waals surface area contributed by atoms with E-state index >= 15 is 0 Å². The molecule has 7 rings (SSSR count). The van der Waals surface area contributed by atoms with Crippen LogP contribution in [-0.4, -0.2) is 113 Å². The van der Waals surface area contributed by atoms with Gasteiger partial charge in [0, 0.05) is 88.4 Å². The first-order valence-electron chi connectivity index (χ1n) is 18.7. The molecule has 4 aliphatic heterocycles. The Morgan fingerprint density at radius 3 is 2.31 bits per heavy atom. The molecule has 6 heterocycles. The summed E-state index contributed by atoms with van der Waals surface area (Å²) in [6, 6.07) is 8.69. The van der Waals surface area contributed by atoms with Crippen LogP contribution in [0.4, 0.5) is 21.1 Å². The van der Waals surface area contributed by atoms with E-state index < -0.39 is 35.7 Å². The van der Waals surface area contributed by atoms with Crippen molar-refractivity contribution in [2.24, 2.45) is 5.92 Å². The SMILES string of the molecule is O=C1Nc2ncccc2C2(CCN(C(=O)N[C@H](Cc3cc(Br)c(O)c(Br)c3)C(=O)N[C@@H](CC3CCNCC3)C(=O)N3CCN(c4ccncc4)CC3)CC2)O1. The van der Waals surface area contributed by atoms with Crippen LogP contribution in [0.5, 0.6) is 5.75 Å². The topological polar surface area (TPSA) is 181 Å². The fourth-order valence-corrected chi connectivity index (χ4v) is 9.28. The molecule has 292 valence electrons. The van der Waals surface area contributed by atoms with Gasteiger partial charge in [0.25, 0.3) is 0 Å². The van der Waals surface area contributed by atoms with E-state index in [1.54, 1.807) is 41.7 Å². The molecule has 17 heteroatoms. The Kier molecular flexibility index (Phi) is 12.1. The lowest BCUT2D eigenvalue weighted by Crippen LogP contribution is -2.59. The van der Waals surface area contributed by atoms with E-state index in [1.807, 2.05) is 23.1 Å². The average Bonchev–Trinajstić information content (AvgIpc) is 3.20. The summed E-state index contributed by atoms with van der Waals surface area (Å²) in [4.78, 5) is 69.2. The molecule has 5 amide bonds. The van der Waals surface area contributed by atoms with E-state index in [-0.39, 0.29) is 37.1 Å². The number of rotatable bonds is 9. The number of phenols is 1. The number of hydrogen-bond acceptors (Lipinski definition) is 10. The first kappa shape index (κ1) is 38.8. The standard InChI is InChI=1S/C38H45Br2N9O6/c39-28-20-25(21-29(40)32(28)50)23-30(45-36(53)49-14-7-38(8-15-49)27-2-1-9-43-33(27)46-37(54)55-38)34(51)44-31(22-24-3-10-41-11-4-24)35(52)48-18-16-47(17-19-48)26-5-12-42-13-6-26/h1-2,5-6,9,12-13,20-21,24,30-31,41,50H,3-4,7-8,10-11,14-19,22-23H2,(H,44,51)(H,45,53)(H,43,46,54)/t30-,31+/m1/s1. The van der Waals surface area contributed by atoms with E-state index in [0.29, 0.717) is 65.8 Å². The summed E-state index contributed by atoms with van der Waals surface area (Å²) < 4.78 is 6.68. The number of urea groups is 1. The van der Waals surface area contributed by atoms with E-state index in [2.05, 4.69) is 68.0 Å². The van der Waals surface area contributed by atoms with Gasteiger partial charge >= 0.3 is 12.1 Å². The molecule has 55 heavy (non-hydrogen) atoms. The molecule has 3 aromatic rings. The summed E-state index contributed by atoms with van der Waals surface area (Å²) in [7, 11) is 0.